The predicted octanol–water partition coefficient (Wildman–Crippen LogP) is 4.54. The van der Waals surface area contributed by atoms with Gasteiger partial charge < -0.3 is 24.2 Å². The van der Waals surface area contributed by atoms with Gasteiger partial charge in [0.1, 0.15) is 5.76 Å². The van der Waals surface area contributed by atoms with Crippen molar-refractivity contribution < 1.29 is 23.6 Å². The minimum Gasteiger partial charge on any atom is -0.469 e. The largest absolute Gasteiger partial charge is 0.469 e. The number of nitrogens with zero attached hydrogens (tertiary/aromatic N) is 2. The Balaban J connectivity index is 1.93. The summed E-state index contributed by atoms with van der Waals surface area (Å²) in [5.41, 5.74) is 2.55. The molecule has 33 heavy (non-hydrogen) atoms. The number of hydrogen-bond donors (Lipinski definition) is 2. The molecule has 1 aliphatic rings. The number of carbonyl (C=O) groups excluding carboxylic acids is 2. The lowest BCUT2D eigenvalue weighted by Crippen LogP contribution is -2.48. The van der Waals surface area contributed by atoms with Gasteiger partial charge in [-0.25, -0.2) is 4.79 Å². The van der Waals surface area contributed by atoms with Crippen molar-refractivity contribution in [3.05, 3.63) is 35.6 Å². The van der Waals surface area contributed by atoms with E-state index in [9.17, 15) is 9.59 Å². The first-order valence-corrected chi connectivity index (χ1v) is 11.4. The van der Waals surface area contributed by atoms with Crippen molar-refractivity contribution in [3.8, 4) is 0 Å². The Hall–Kier alpha value is -3.07. The number of amides is 2. The Morgan fingerprint density at radius 2 is 2.06 bits per heavy atom. The van der Waals surface area contributed by atoms with Gasteiger partial charge in [0.05, 0.1) is 44.2 Å². The molecule has 1 aromatic carbocycles. The second-order valence-electron chi connectivity index (χ2n) is 8.64. The number of methoxy groups -OCH3 is 1. The molecule has 0 bridgehead atoms. The fourth-order valence-corrected chi connectivity index (χ4v) is 4.11. The molecule has 3 rings (SSSR count). The number of aryl methyl sites for hydroxylation is 1. The molecule has 9 heteroatoms. The monoisotopic (exact) mass is 458 g/mol. The fourth-order valence-electron chi connectivity index (χ4n) is 4.11. The number of aromatic nitrogens is 1. The number of nitrogens with one attached hydrogen (secondary N) is 2. The number of anilines is 3. The first-order valence-electron chi connectivity index (χ1n) is 11.4. The van der Waals surface area contributed by atoms with E-state index in [-0.39, 0.29) is 24.3 Å². The smallest absolute Gasteiger partial charge is 0.325 e. The molecule has 180 valence electrons. The van der Waals surface area contributed by atoms with Crippen LogP contribution in [0.15, 0.2) is 28.8 Å². The molecule has 2 N–H and O–H groups in total. The Morgan fingerprint density at radius 1 is 1.27 bits per heavy atom. The van der Waals surface area contributed by atoms with Gasteiger partial charge in [-0.2, -0.15) is 0 Å². The lowest BCUT2D eigenvalue weighted by molar-refractivity contribution is -0.141. The number of esters is 1. The lowest BCUT2D eigenvalue weighted by Gasteiger charge is -2.40. The number of urea groups is 1. The summed E-state index contributed by atoms with van der Waals surface area (Å²) >= 11 is 0. The van der Waals surface area contributed by atoms with Crippen LogP contribution in [0.1, 0.15) is 50.9 Å². The number of rotatable bonds is 8. The van der Waals surface area contributed by atoms with Crippen molar-refractivity contribution in [2.24, 2.45) is 5.92 Å². The second-order valence-corrected chi connectivity index (χ2v) is 8.64. The predicted molar refractivity (Wildman–Crippen MR) is 127 cm³/mol. The van der Waals surface area contributed by atoms with E-state index in [1.807, 2.05) is 25.1 Å². The van der Waals surface area contributed by atoms with Crippen LogP contribution in [0.25, 0.3) is 0 Å². The lowest BCUT2D eigenvalue weighted by atomic mass is 9.92. The van der Waals surface area contributed by atoms with Crippen molar-refractivity contribution in [3.63, 3.8) is 0 Å². The first kappa shape index (κ1) is 24.6. The van der Waals surface area contributed by atoms with Gasteiger partial charge in [0.2, 0.25) is 0 Å². The van der Waals surface area contributed by atoms with E-state index in [4.69, 9.17) is 14.0 Å². The quantitative estimate of drug-likeness (QED) is 0.559. The van der Waals surface area contributed by atoms with E-state index in [0.29, 0.717) is 36.4 Å². The Kier molecular flexibility index (Phi) is 8.32. The molecular formula is C24H34N4O5. The van der Waals surface area contributed by atoms with E-state index in [2.05, 4.69) is 34.5 Å². The van der Waals surface area contributed by atoms with Gasteiger partial charge in [0.25, 0.3) is 0 Å². The molecule has 1 fully saturated rings. The van der Waals surface area contributed by atoms with Crippen LogP contribution in [0, 0.1) is 12.8 Å². The molecular weight excluding hydrogens is 424 g/mol. The zero-order valence-corrected chi connectivity index (χ0v) is 20.0. The van der Waals surface area contributed by atoms with Gasteiger partial charge in [-0.05, 0) is 42.9 Å². The maximum atomic E-state index is 12.8. The zero-order chi connectivity index (χ0) is 24.0. The molecule has 1 aliphatic heterocycles. The van der Waals surface area contributed by atoms with Crippen LogP contribution in [0.4, 0.5) is 22.0 Å². The number of carbonyl (C=O) groups is 2. The molecule has 1 saturated heterocycles. The van der Waals surface area contributed by atoms with Crippen LogP contribution in [0.3, 0.4) is 0 Å². The maximum Gasteiger partial charge on any atom is 0.325 e. The van der Waals surface area contributed by atoms with Crippen molar-refractivity contribution in [2.45, 2.75) is 52.5 Å². The molecule has 0 aliphatic carbocycles. The number of hydrogen-bond acceptors (Lipinski definition) is 7. The van der Waals surface area contributed by atoms with Gasteiger partial charge in [0, 0.05) is 12.6 Å². The van der Waals surface area contributed by atoms with E-state index >= 15 is 0 Å². The molecule has 2 heterocycles. The van der Waals surface area contributed by atoms with Crippen molar-refractivity contribution in [1.82, 2.24) is 5.16 Å². The molecule has 2 unspecified atom stereocenters. The molecule has 0 radical (unpaired) electrons. The van der Waals surface area contributed by atoms with Gasteiger partial charge >= 0.3 is 12.0 Å². The van der Waals surface area contributed by atoms with E-state index in [0.717, 1.165) is 24.2 Å². The fraction of sp³-hybridized carbons (Fsp3) is 0.542. The summed E-state index contributed by atoms with van der Waals surface area (Å²) in [7, 11) is 1.39. The standard InChI is InChI=1S/C24H34N4O5/c1-6-17(13-23(29)31-5)18-7-8-20(28-9-10-32-14-21(28)15(2)3)19(12-18)25-24(30)26-22-11-16(4)33-27-22/h7-8,11-12,15,17,21H,6,9-10,13-14H2,1-5H3,(H2,25,26,27,30). The summed E-state index contributed by atoms with van der Waals surface area (Å²) in [6.07, 6.45) is 1.05. The summed E-state index contributed by atoms with van der Waals surface area (Å²) in [4.78, 5) is 27.0. The Bertz CT molecular complexity index is 958. The van der Waals surface area contributed by atoms with Crippen LogP contribution >= 0.6 is 0 Å². The molecule has 1 aromatic heterocycles. The van der Waals surface area contributed by atoms with Gasteiger partial charge in [-0.1, -0.05) is 32.0 Å². The molecule has 2 amide bonds. The van der Waals surface area contributed by atoms with Crippen molar-refractivity contribution >= 4 is 29.2 Å². The molecule has 9 nitrogen and oxygen atoms in total. The maximum absolute atomic E-state index is 12.8. The summed E-state index contributed by atoms with van der Waals surface area (Å²) < 4.78 is 15.6. The SMILES string of the molecule is CCC(CC(=O)OC)c1ccc(N2CCOCC2C(C)C)c(NC(=O)Nc2cc(C)on2)c1. The highest BCUT2D eigenvalue weighted by molar-refractivity contribution is 6.01. The second kappa shape index (κ2) is 11.2. The van der Waals surface area contributed by atoms with E-state index < -0.39 is 6.03 Å². The van der Waals surface area contributed by atoms with E-state index in [1.54, 1.807) is 13.0 Å². The summed E-state index contributed by atoms with van der Waals surface area (Å²) in [5, 5.41) is 9.51. The average molecular weight is 459 g/mol. The Labute approximate surface area is 194 Å². The van der Waals surface area contributed by atoms with Crippen LogP contribution in [0.2, 0.25) is 0 Å². The van der Waals surface area contributed by atoms with Crippen molar-refractivity contribution in [2.75, 3.05) is 42.4 Å². The highest BCUT2D eigenvalue weighted by atomic mass is 16.5. The third-order valence-electron chi connectivity index (χ3n) is 5.99. The first-order chi connectivity index (χ1) is 15.8. The normalized spacial score (nSPS) is 17.0. The third-order valence-corrected chi connectivity index (χ3v) is 5.99. The van der Waals surface area contributed by atoms with Crippen LogP contribution in [0.5, 0.6) is 0 Å². The number of benzene rings is 1. The minimum atomic E-state index is -0.419. The molecule has 2 aromatic rings. The van der Waals surface area contributed by atoms with Crippen LogP contribution in [-0.4, -0.2) is 50.1 Å². The highest BCUT2D eigenvalue weighted by Crippen LogP contribution is 2.35. The van der Waals surface area contributed by atoms with Gasteiger partial charge in [0.15, 0.2) is 5.82 Å². The Morgan fingerprint density at radius 3 is 2.70 bits per heavy atom. The van der Waals surface area contributed by atoms with Gasteiger partial charge in [-0.3, -0.25) is 10.1 Å². The molecule has 0 spiro atoms. The van der Waals surface area contributed by atoms with Crippen LogP contribution < -0.4 is 15.5 Å². The summed E-state index contributed by atoms with van der Waals surface area (Å²) in [6, 6.07) is 7.42. The summed E-state index contributed by atoms with van der Waals surface area (Å²) in [5.74, 6) is 1.04. The molecule has 0 saturated carbocycles. The molecule has 2 atom stereocenters. The highest BCUT2D eigenvalue weighted by Gasteiger charge is 2.28. The number of morpholine rings is 1. The van der Waals surface area contributed by atoms with Gasteiger partial charge in [-0.15, -0.1) is 0 Å². The topological polar surface area (TPSA) is 106 Å². The average Bonchev–Trinajstić information content (AvgIpc) is 3.21. The minimum absolute atomic E-state index is 0.0149. The zero-order valence-electron chi connectivity index (χ0n) is 20.0. The third kappa shape index (κ3) is 6.25. The van der Waals surface area contributed by atoms with E-state index in [1.165, 1.54) is 7.11 Å². The van der Waals surface area contributed by atoms with Crippen molar-refractivity contribution in [1.29, 1.82) is 0 Å². The number of ether oxygens (including phenoxy) is 2. The summed E-state index contributed by atoms with van der Waals surface area (Å²) in [6.45, 7) is 10.1. The van der Waals surface area contributed by atoms with Crippen LogP contribution in [-0.2, 0) is 14.3 Å².